The summed E-state index contributed by atoms with van der Waals surface area (Å²) >= 11 is 0. The molecular formula is C14H20N2O4. The summed E-state index contributed by atoms with van der Waals surface area (Å²) in [6, 6.07) is 5.34. The molecule has 0 aliphatic rings. The Morgan fingerprint density at radius 2 is 2.15 bits per heavy atom. The zero-order valence-electron chi connectivity index (χ0n) is 12.0. The zero-order chi connectivity index (χ0) is 14.8. The lowest BCUT2D eigenvalue weighted by Gasteiger charge is -2.06. The van der Waals surface area contributed by atoms with Crippen molar-refractivity contribution in [3.63, 3.8) is 0 Å². The summed E-state index contributed by atoms with van der Waals surface area (Å²) in [6.45, 7) is 2.87. The highest BCUT2D eigenvalue weighted by molar-refractivity contribution is 5.85. The number of carbonyl (C=O) groups is 1. The molecule has 0 saturated heterocycles. The SMILES string of the molecule is CCOCCC(=O)N/N=C/c1ccc(OC)cc1OC. The van der Waals surface area contributed by atoms with Crippen LogP contribution in [0.3, 0.4) is 0 Å². The van der Waals surface area contributed by atoms with E-state index in [0.29, 0.717) is 24.7 Å². The molecule has 0 heterocycles. The number of benzene rings is 1. The molecule has 0 spiro atoms. The Balaban J connectivity index is 2.55. The first kappa shape index (κ1) is 16.0. The van der Waals surface area contributed by atoms with E-state index in [1.165, 1.54) is 6.21 Å². The maximum atomic E-state index is 11.4. The van der Waals surface area contributed by atoms with Gasteiger partial charge in [0.15, 0.2) is 0 Å². The molecule has 1 N–H and O–H groups in total. The molecule has 0 bridgehead atoms. The Hall–Kier alpha value is -2.08. The number of hydrogen-bond acceptors (Lipinski definition) is 5. The third kappa shape index (κ3) is 5.27. The number of amides is 1. The number of carbonyl (C=O) groups excluding carboxylic acids is 1. The van der Waals surface area contributed by atoms with E-state index in [1.54, 1.807) is 32.4 Å². The van der Waals surface area contributed by atoms with Crippen molar-refractivity contribution < 1.29 is 19.0 Å². The number of ether oxygens (including phenoxy) is 3. The van der Waals surface area contributed by atoms with Crippen LogP contribution in [-0.2, 0) is 9.53 Å². The van der Waals surface area contributed by atoms with E-state index in [2.05, 4.69) is 10.5 Å². The lowest BCUT2D eigenvalue weighted by Crippen LogP contribution is -2.19. The highest BCUT2D eigenvalue weighted by Crippen LogP contribution is 2.22. The third-order valence-corrected chi connectivity index (χ3v) is 2.51. The molecule has 0 saturated carbocycles. The van der Waals surface area contributed by atoms with E-state index >= 15 is 0 Å². The summed E-state index contributed by atoms with van der Waals surface area (Å²) in [5.74, 6) is 1.12. The fourth-order valence-corrected chi connectivity index (χ4v) is 1.46. The lowest BCUT2D eigenvalue weighted by molar-refractivity contribution is -0.122. The highest BCUT2D eigenvalue weighted by Gasteiger charge is 2.03. The topological polar surface area (TPSA) is 69.2 Å². The maximum absolute atomic E-state index is 11.4. The molecular weight excluding hydrogens is 260 g/mol. The van der Waals surface area contributed by atoms with Gasteiger partial charge in [0.05, 0.1) is 33.5 Å². The first-order valence-corrected chi connectivity index (χ1v) is 6.33. The van der Waals surface area contributed by atoms with Crippen molar-refractivity contribution in [1.29, 1.82) is 0 Å². The predicted molar refractivity (Wildman–Crippen MR) is 76.4 cm³/mol. The summed E-state index contributed by atoms with van der Waals surface area (Å²) in [4.78, 5) is 11.4. The van der Waals surface area contributed by atoms with Crippen molar-refractivity contribution in [1.82, 2.24) is 5.43 Å². The van der Waals surface area contributed by atoms with Crippen LogP contribution in [-0.4, -0.2) is 39.6 Å². The van der Waals surface area contributed by atoms with Crippen molar-refractivity contribution in [3.05, 3.63) is 23.8 Å². The average Bonchev–Trinajstić information content (AvgIpc) is 2.47. The summed E-state index contributed by atoms with van der Waals surface area (Å²) in [7, 11) is 3.15. The number of nitrogens with zero attached hydrogens (tertiary/aromatic N) is 1. The molecule has 1 aromatic carbocycles. The van der Waals surface area contributed by atoms with Gasteiger partial charge in [-0.1, -0.05) is 0 Å². The van der Waals surface area contributed by atoms with Gasteiger partial charge in [-0.05, 0) is 19.1 Å². The molecule has 0 aromatic heterocycles. The molecule has 0 aliphatic heterocycles. The van der Waals surface area contributed by atoms with Crippen LogP contribution in [0, 0.1) is 0 Å². The molecule has 0 atom stereocenters. The smallest absolute Gasteiger partial charge is 0.242 e. The summed E-state index contributed by atoms with van der Waals surface area (Å²) < 4.78 is 15.4. The van der Waals surface area contributed by atoms with Crippen LogP contribution in [0.4, 0.5) is 0 Å². The van der Waals surface area contributed by atoms with Gasteiger partial charge in [0, 0.05) is 18.2 Å². The number of rotatable bonds is 8. The van der Waals surface area contributed by atoms with Gasteiger partial charge in [0.1, 0.15) is 11.5 Å². The second kappa shape index (κ2) is 8.92. The molecule has 0 fully saturated rings. The van der Waals surface area contributed by atoms with Crippen LogP contribution >= 0.6 is 0 Å². The zero-order valence-corrected chi connectivity index (χ0v) is 12.0. The molecule has 0 unspecified atom stereocenters. The average molecular weight is 280 g/mol. The Morgan fingerprint density at radius 3 is 2.80 bits per heavy atom. The second-order valence-electron chi connectivity index (χ2n) is 3.85. The Bertz CT molecular complexity index is 460. The third-order valence-electron chi connectivity index (χ3n) is 2.51. The molecule has 20 heavy (non-hydrogen) atoms. The van der Waals surface area contributed by atoms with Crippen LogP contribution in [0.25, 0.3) is 0 Å². The van der Waals surface area contributed by atoms with Gasteiger partial charge in [-0.15, -0.1) is 0 Å². The van der Waals surface area contributed by atoms with E-state index in [0.717, 1.165) is 5.56 Å². The van der Waals surface area contributed by atoms with Gasteiger partial charge in [-0.3, -0.25) is 4.79 Å². The van der Waals surface area contributed by atoms with Crippen molar-refractivity contribution in [2.45, 2.75) is 13.3 Å². The lowest BCUT2D eigenvalue weighted by atomic mass is 10.2. The highest BCUT2D eigenvalue weighted by atomic mass is 16.5. The summed E-state index contributed by atoms with van der Waals surface area (Å²) in [6.07, 6.45) is 1.81. The van der Waals surface area contributed by atoms with Gasteiger partial charge >= 0.3 is 0 Å². The number of methoxy groups -OCH3 is 2. The minimum atomic E-state index is -0.192. The molecule has 1 rings (SSSR count). The van der Waals surface area contributed by atoms with Crippen molar-refractivity contribution >= 4 is 12.1 Å². The van der Waals surface area contributed by atoms with Gasteiger partial charge in [-0.25, -0.2) is 5.43 Å². The van der Waals surface area contributed by atoms with E-state index in [4.69, 9.17) is 14.2 Å². The Labute approximate surface area is 118 Å². The van der Waals surface area contributed by atoms with E-state index in [1.807, 2.05) is 6.92 Å². The van der Waals surface area contributed by atoms with E-state index in [9.17, 15) is 4.79 Å². The molecule has 1 amide bonds. The predicted octanol–water partition coefficient (Wildman–Crippen LogP) is 1.58. The van der Waals surface area contributed by atoms with Crippen molar-refractivity contribution in [2.24, 2.45) is 5.10 Å². The Kier molecular flexibility index (Phi) is 7.13. The second-order valence-corrected chi connectivity index (χ2v) is 3.85. The Morgan fingerprint density at radius 1 is 1.35 bits per heavy atom. The van der Waals surface area contributed by atoms with Crippen molar-refractivity contribution in [3.8, 4) is 11.5 Å². The molecule has 0 radical (unpaired) electrons. The van der Waals surface area contributed by atoms with Gasteiger partial charge < -0.3 is 14.2 Å². The molecule has 110 valence electrons. The maximum Gasteiger partial charge on any atom is 0.242 e. The van der Waals surface area contributed by atoms with Crippen LogP contribution < -0.4 is 14.9 Å². The standard InChI is InChI=1S/C14H20N2O4/c1-4-20-8-7-14(17)16-15-10-11-5-6-12(18-2)9-13(11)19-3/h5-6,9-10H,4,7-8H2,1-3H3,(H,16,17)/b15-10+. The number of hydrazone groups is 1. The molecule has 1 aromatic rings. The molecule has 0 aliphatic carbocycles. The van der Waals surface area contributed by atoms with Crippen LogP contribution in [0.5, 0.6) is 11.5 Å². The van der Waals surface area contributed by atoms with Crippen LogP contribution in [0.15, 0.2) is 23.3 Å². The minimum absolute atomic E-state index is 0.192. The molecule has 6 heteroatoms. The first-order valence-electron chi connectivity index (χ1n) is 6.33. The largest absolute Gasteiger partial charge is 0.497 e. The van der Waals surface area contributed by atoms with E-state index in [-0.39, 0.29) is 12.3 Å². The van der Waals surface area contributed by atoms with Crippen molar-refractivity contribution in [2.75, 3.05) is 27.4 Å². The minimum Gasteiger partial charge on any atom is -0.497 e. The van der Waals surface area contributed by atoms with Crippen LogP contribution in [0.1, 0.15) is 18.9 Å². The summed E-state index contributed by atoms with van der Waals surface area (Å²) in [5, 5.41) is 3.88. The fourth-order valence-electron chi connectivity index (χ4n) is 1.46. The van der Waals surface area contributed by atoms with Gasteiger partial charge in [0.25, 0.3) is 0 Å². The number of nitrogens with one attached hydrogen (secondary N) is 1. The van der Waals surface area contributed by atoms with E-state index < -0.39 is 0 Å². The fraction of sp³-hybridized carbons (Fsp3) is 0.429. The van der Waals surface area contributed by atoms with Gasteiger partial charge in [0.2, 0.25) is 5.91 Å². The first-order chi connectivity index (χ1) is 9.71. The normalized spacial score (nSPS) is 10.6. The van der Waals surface area contributed by atoms with Crippen LogP contribution in [0.2, 0.25) is 0 Å². The summed E-state index contributed by atoms with van der Waals surface area (Å²) in [5.41, 5.74) is 3.18. The van der Waals surface area contributed by atoms with Gasteiger partial charge in [-0.2, -0.15) is 5.10 Å². The number of hydrogen-bond donors (Lipinski definition) is 1. The monoisotopic (exact) mass is 280 g/mol. The molecule has 6 nitrogen and oxygen atoms in total. The quantitative estimate of drug-likeness (QED) is 0.446.